The Kier molecular flexibility index (Phi) is 3.89. The first-order valence-electron chi connectivity index (χ1n) is 5.88. The van der Waals surface area contributed by atoms with Gasteiger partial charge in [0.15, 0.2) is 9.84 Å². The Bertz CT molecular complexity index is 626. The molecule has 1 fully saturated rings. The third-order valence-corrected chi connectivity index (χ3v) is 4.67. The van der Waals surface area contributed by atoms with Crippen LogP contribution in [0.2, 0.25) is 0 Å². The lowest BCUT2D eigenvalue weighted by Crippen LogP contribution is -2.38. The summed E-state index contributed by atoms with van der Waals surface area (Å²) in [6, 6.07) is 4.44. The van der Waals surface area contributed by atoms with Crippen LogP contribution in [0, 0.1) is 10.1 Å². The molecule has 1 atom stereocenters. The van der Waals surface area contributed by atoms with Crippen LogP contribution in [-0.4, -0.2) is 36.9 Å². The average Bonchev–Trinajstić information content (AvgIpc) is 2.69. The van der Waals surface area contributed by atoms with Gasteiger partial charge in [-0.3, -0.25) is 10.1 Å². The molecule has 2 rings (SSSR count). The molecular formula is C11H13N3O5S. The van der Waals surface area contributed by atoms with E-state index in [1.165, 1.54) is 24.3 Å². The number of hydrogen-bond donors (Lipinski definition) is 2. The van der Waals surface area contributed by atoms with Gasteiger partial charge in [0.25, 0.3) is 5.69 Å². The Morgan fingerprint density at radius 3 is 2.45 bits per heavy atom. The van der Waals surface area contributed by atoms with Gasteiger partial charge in [-0.05, 0) is 18.6 Å². The number of anilines is 1. The zero-order chi connectivity index (χ0) is 14.8. The van der Waals surface area contributed by atoms with Gasteiger partial charge in [0.1, 0.15) is 0 Å². The predicted molar refractivity (Wildman–Crippen MR) is 72.3 cm³/mol. The first-order valence-corrected chi connectivity index (χ1v) is 7.70. The summed E-state index contributed by atoms with van der Waals surface area (Å²) < 4.78 is 22.5. The van der Waals surface area contributed by atoms with E-state index in [9.17, 15) is 23.3 Å². The topological polar surface area (TPSA) is 118 Å². The number of carbonyl (C=O) groups is 1. The highest BCUT2D eigenvalue weighted by molar-refractivity contribution is 7.91. The van der Waals surface area contributed by atoms with E-state index in [0.717, 1.165) is 0 Å². The minimum Gasteiger partial charge on any atom is -0.334 e. The zero-order valence-electron chi connectivity index (χ0n) is 10.4. The minimum absolute atomic E-state index is 0.0549. The second kappa shape index (κ2) is 5.45. The van der Waals surface area contributed by atoms with Crippen molar-refractivity contribution in [2.24, 2.45) is 0 Å². The summed E-state index contributed by atoms with van der Waals surface area (Å²) in [5.74, 6) is 0.0240. The van der Waals surface area contributed by atoms with Crippen molar-refractivity contribution < 1.29 is 18.1 Å². The minimum atomic E-state index is -3.05. The van der Waals surface area contributed by atoms with Crippen molar-refractivity contribution in [1.82, 2.24) is 5.32 Å². The summed E-state index contributed by atoms with van der Waals surface area (Å²) in [6.07, 6.45) is 0.399. The van der Waals surface area contributed by atoms with Crippen LogP contribution in [0.3, 0.4) is 0 Å². The molecule has 1 aromatic rings. The van der Waals surface area contributed by atoms with Crippen LogP contribution in [0.15, 0.2) is 24.3 Å². The Hall–Kier alpha value is -2.16. The van der Waals surface area contributed by atoms with Gasteiger partial charge in [-0.2, -0.15) is 0 Å². The molecule has 0 unspecified atom stereocenters. The number of urea groups is 1. The van der Waals surface area contributed by atoms with Crippen LogP contribution < -0.4 is 10.6 Å². The Morgan fingerprint density at radius 1 is 1.30 bits per heavy atom. The van der Waals surface area contributed by atoms with Gasteiger partial charge in [-0.15, -0.1) is 0 Å². The number of amides is 2. The van der Waals surface area contributed by atoms with E-state index in [1.807, 2.05) is 0 Å². The molecule has 9 heteroatoms. The van der Waals surface area contributed by atoms with Crippen LogP contribution in [0.4, 0.5) is 16.2 Å². The molecule has 0 bridgehead atoms. The first kappa shape index (κ1) is 14.3. The van der Waals surface area contributed by atoms with Gasteiger partial charge in [0, 0.05) is 23.9 Å². The summed E-state index contributed by atoms with van der Waals surface area (Å²) in [5, 5.41) is 15.5. The van der Waals surface area contributed by atoms with Crippen LogP contribution in [0.25, 0.3) is 0 Å². The van der Waals surface area contributed by atoms with Gasteiger partial charge in [0.2, 0.25) is 0 Å². The molecule has 1 aromatic carbocycles. The Balaban J connectivity index is 1.90. The van der Waals surface area contributed by atoms with Crippen molar-refractivity contribution in [3.63, 3.8) is 0 Å². The predicted octanol–water partition coefficient (Wildman–Crippen LogP) is 0.903. The largest absolute Gasteiger partial charge is 0.334 e. The molecule has 1 saturated heterocycles. The molecule has 0 aromatic heterocycles. The molecule has 20 heavy (non-hydrogen) atoms. The SMILES string of the molecule is O=C(Nc1ccc([N+](=O)[O-])cc1)N[C@@H]1CCS(=O)(=O)C1. The maximum atomic E-state index is 11.6. The van der Waals surface area contributed by atoms with E-state index < -0.39 is 26.8 Å². The van der Waals surface area contributed by atoms with E-state index >= 15 is 0 Å². The number of nitro groups is 1. The molecule has 2 N–H and O–H groups in total. The van der Waals surface area contributed by atoms with Crippen molar-refractivity contribution in [3.05, 3.63) is 34.4 Å². The highest BCUT2D eigenvalue weighted by Crippen LogP contribution is 2.16. The van der Waals surface area contributed by atoms with Crippen molar-refractivity contribution >= 4 is 27.2 Å². The number of rotatable bonds is 3. The van der Waals surface area contributed by atoms with Crippen LogP contribution >= 0.6 is 0 Å². The molecule has 2 amide bonds. The zero-order valence-corrected chi connectivity index (χ0v) is 11.2. The Morgan fingerprint density at radius 2 is 1.95 bits per heavy atom. The molecular weight excluding hydrogens is 286 g/mol. The number of nitrogens with one attached hydrogen (secondary N) is 2. The molecule has 0 spiro atoms. The third-order valence-electron chi connectivity index (χ3n) is 2.90. The summed E-state index contributed by atoms with van der Waals surface area (Å²) in [4.78, 5) is 21.6. The smallest absolute Gasteiger partial charge is 0.319 e. The van der Waals surface area contributed by atoms with Crippen molar-refractivity contribution in [3.8, 4) is 0 Å². The molecule has 0 saturated carbocycles. The average molecular weight is 299 g/mol. The standard InChI is InChI=1S/C11H13N3O5S/c15-11(13-9-5-6-20(18,19)7-9)12-8-1-3-10(4-2-8)14(16)17/h1-4,9H,5-7H2,(H2,12,13,15)/t9-/m1/s1. The maximum absolute atomic E-state index is 11.6. The molecule has 1 heterocycles. The fraction of sp³-hybridized carbons (Fsp3) is 0.364. The monoisotopic (exact) mass is 299 g/mol. The van der Waals surface area contributed by atoms with Gasteiger partial charge >= 0.3 is 6.03 Å². The number of nitrogens with zero attached hydrogens (tertiary/aromatic N) is 1. The van der Waals surface area contributed by atoms with E-state index in [2.05, 4.69) is 10.6 Å². The van der Waals surface area contributed by atoms with E-state index in [-0.39, 0.29) is 17.2 Å². The molecule has 0 aliphatic carbocycles. The number of non-ortho nitro benzene ring substituents is 1. The van der Waals surface area contributed by atoms with Gasteiger partial charge in [-0.1, -0.05) is 0 Å². The number of hydrogen-bond acceptors (Lipinski definition) is 5. The van der Waals surface area contributed by atoms with Gasteiger partial charge in [-0.25, -0.2) is 13.2 Å². The summed E-state index contributed by atoms with van der Waals surface area (Å²) in [7, 11) is -3.05. The molecule has 8 nitrogen and oxygen atoms in total. The normalized spacial score (nSPS) is 20.3. The summed E-state index contributed by atoms with van der Waals surface area (Å²) in [6.45, 7) is 0. The lowest BCUT2D eigenvalue weighted by molar-refractivity contribution is -0.384. The van der Waals surface area contributed by atoms with Gasteiger partial charge in [0.05, 0.1) is 16.4 Å². The van der Waals surface area contributed by atoms with Crippen molar-refractivity contribution in [2.45, 2.75) is 12.5 Å². The highest BCUT2D eigenvalue weighted by atomic mass is 32.2. The van der Waals surface area contributed by atoms with Crippen LogP contribution in [0.5, 0.6) is 0 Å². The number of sulfone groups is 1. The lowest BCUT2D eigenvalue weighted by Gasteiger charge is -2.11. The number of nitro benzene ring substituents is 1. The third kappa shape index (κ3) is 3.67. The molecule has 1 aliphatic rings. The van der Waals surface area contributed by atoms with E-state index in [4.69, 9.17) is 0 Å². The van der Waals surface area contributed by atoms with Crippen LogP contribution in [-0.2, 0) is 9.84 Å². The second-order valence-electron chi connectivity index (χ2n) is 4.50. The summed E-state index contributed by atoms with van der Waals surface area (Å²) in [5.41, 5.74) is 0.326. The fourth-order valence-corrected chi connectivity index (χ4v) is 3.60. The highest BCUT2D eigenvalue weighted by Gasteiger charge is 2.28. The van der Waals surface area contributed by atoms with E-state index in [0.29, 0.717) is 12.1 Å². The van der Waals surface area contributed by atoms with E-state index in [1.54, 1.807) is 0 Å². The maximum Gasteiger partial charge on any atom is 0.319 e. The number of carbonyl (C=O) groups excluding carboxylic acids is 1. The van der Waals surface area contributed by atoms with Crippen molar-refractivity contribution in [2.75, 3.05) is 16.8 Å². The molecule has 108 valence electrons. The first-order chi connectivity index (χ1) is 9.35. The molecule has 1 aliphatic heterocycles. The summed E-state index contributed by atoms with van der Waals surface area (Å²) >= 11 is 0. The Labute approximate surface area is 115 Å². The number of benzene rings is 1. The quantitative estimate of drug-likeness (QED) is 0.635. The molecule has 0 radical (unpaired) electrons. The fourth-order valence-electron chi connectivity index (χ4n) is 1.93. The lowest BCUT2D eigenvalue weighted by atomic mass is 10.2. The van der Waals surface area contributed by atoms with Crippen molar-refractivity contribution in [1.29, 1.82) is 0 Å². The second-order valence-corrected chi connectivity index (χ2v) is 6.73. The van der Waals surface area contributed by atoms with Gasteiger partial charge < -0.3 is 10.6 Å². The van der Waals surface area contributed by atoms with Crippen LogP contribution in [0.1, 0.15) is 6.42 Å².